The molecule has 1 fully saturated rings. The highest BCUT2D eigenvalue weighted by molar-refractivity contribution is 5.92. The van der Waals surface area contributed by atoms with Crippen LogP contribution in [-0.4, -0.2) is 46.2 Å². The minimum atomic E-state index is -0.640. The number of hydrogen-bond acceptors (Lipinski definition) is 3. The summed E-state index contributed by atoms with van der Waals surface area (Å²) in [4.78, 5) is 28.7. The highest BCUT2D eigenvalue weighted by atomic mass is 16.6. The second-order valence-corrected chi connectivity index (χ2v) is 8.60. The average Bonchev–Trinajstić information content (AvgIpc) is 2.43. The van der Waals surface area contributed by atoms with Crippen molar-refractivity contribution in [3.63, 3.8) is 0 Å². The van der Waals surface area contributed by atoms with E-state index in [1.54, 1.807) is 25.7 Å². The summed E-state index contributed by atoms with van der Waals surface area (Å²) in [5, 5.41) is 0. The standard InChI is InChI=1S/C19H30N2O3/c1-18(2,3)21(17(23)24-19(4,5)6)16(22)20-12-11-14-9-7-8-10-15(14)13-20/h7-10,14-15H,11-13H2,1-6H3/t14?,15-/m1/s1. The van der Waals surface area contributed by atoms with Crippen LogP contribution in [0.4, 0.5) is 9.59 Å². The zero-order chi connectivity index (χ0) is 18.1. The fourth-order valence-corrected chi connectivity index (χ4v) is 3.12. The predicted molar refractivity (Wildman–Crippen MR) is 94.7 cm³/mol. The lowest BCUT2D eigenvalue weighted by atomic mass is 9.83. The molecule has 0 aromatic rings. The largest absolute Gasteiger partial charge is 0.443 e. The number of hydrogen-bond donors (Lipinski definition) is 0. The molecule has 1 saturated heterocycles. The zero-order valence-corrected chi connectivity index (χ0v) is 15.7. The molecule has 0 aromatic heterocycles. The number of ether oxygens (including phenoxy) is 1. The maximum atomic E-state index is 13.1. The molecular formula is C19H30N2O3. The van der Waals surface area contributed by atoms with Crippen molar-refractivity contribution in [3.05, 3.63) is 24.3 Å². The van der Waals surface area contributed by atoms with Gasteiger partial charge in [0.15, 0.2) is 0 Å². The van der Waals surface area contributed by atoms with Gasteiger partial charge in [-0.1, -0.05) is 24.3 Å². The van der Waals surface area contributed by atoms with Crippen LogP contribution in [0.3, 0.4) is 0 Å². The van der Waals surface area contributed by atoms with Gasteiger partial charge in [0.05, 0.1) is 0 Å². The average molecular weight is 334 g/mol. The molecule has 3 amide bonds. The second kappa shape index (κ2) is 6.61. The summed E-state index contributed by atoms with van der Waals surface area (Å²) in [7, 11) is 0. The molecule has 5 nitrogen and oxygen atoms in total. The number of rotatable bonds is 0. The Morgan fingerprint density at radius 2 is 1.62 bits per heavy atom. The van der Waals surface area contributed by atoms with Crippen LogP contribution in [0.25, 0.3) is 0 Å². The van der Waals surface area contributed by atoms with Gasteiger partial charge in [-0.3, -0.25) is 0 Å². The van der Waals surface area contributed by atoms with E-state index < -0.39 is 17.2 Å². The number of carbonyl (C=O) groups excluding carboxylic acids is 2. The summed E-state index contributed by atoms with van der Waals surface area (Å²) >= 11 is 0. The number of nitrogens with zero attached hydrogens (tertiary/aromatic N) is 2. The summed E-state index contributed by atoms with van der Waals surface area (Å²) in [5.74, 6) is 0.816. The molecule has 0 radical (unpaired) electrons. The van der Waals surface area contributed by atoms with Gasteiger partial charge in [0.2, 0.25) is 0 Å². The molecule has 1 unspecified atom stereocenters. The molecule has 134 valence electrons. The Morgan fingerprint density at radius 1 is 1.04 bits per heavy atom. The van der Waals surface area contributed by atoms with E-state index in [9.17, 15) is 9.59 Å². The first kappa shape index (κ1) is 18.6. The summed E-state index contributed by atoms with van der Waals surface area (Å²) in [6.07, 6.45) is 8.80. The van der Waals surface area contributed by atoms with Gasteiger partial charge in [-0.15, -0.1) is 0 Å². The summed E-state index contributed by atoms with van der Waals surface area (Å²) in [6.45, 7) is 12.3. The van der Waals surface area contributed by atoms with E-state index in [1.165, 1.54) is 4.90 Å². The predicted octanol–water partition coefficient (Wildman–Crippen LogP) is 4.21. The van der Waals surface area contributed by atoms with E-state index in [4.69, 9.17) is 4.74 Å². The zero-order valence-electron chi connectivity index (χ0n) is 15.7. The maximum Gasteiger partial charge on any atom is 0.419 e. The first-order chi connectivity index (χ1) is 11.0. The normalized spacial score (nSPS) is 23.7. The van der Waals surface area contributed by atoms with Crippen LogP contribution in [0.1, 0.15) is 48.0 Å². The van der Waals surface area contributed by atoms with Crippen molar-refractivity contribution < 1.29 is 14.3 Å². The van der Waals surface area contributed by atoms with Gasteiger partial charge in [-0.05, 0) is 53.9 Å². The highest BCUT2D eigenvalue weighted by Gasteiger charge is 2.40. The van der Waals surface area contributed by atoms with Crippen molar-refractivity contribution >= 4 is 12.1 Å². The molecule has 2 aliphatic rings. The molecule has 2 rings (SSSR count). The molecule has 1 heterocycles. The molecule has 0 saturated carbocycles. The van der Waals surface area contributed by atoms with E-state index in [2.05, 4.69) is 18.2 Å². The molecule has 5 heteroatoms. The van der Waals surface area contributed by atoms with Crippen LogP contribution in [0.2, 0.25) is 0 Å². The van der Waals surface area contributed by atoms with Gasteiger partial charge in [-0.25, -0.2) is 14.5 Å². The van der Waals surface area contributed by atoms with Crippen molar-refractivity contribution in [1.82, 2.24) is 9.80 Å². The quantitative estimate of drug-likeness (QED) is 0.667. The van der Waals surface area contributed by atoms with Gasteiger partial charge in [0, 0.05) is 24.5 Å². The third kappa shape index (κ3) is 4.40. The Morgan fingerprint density at radius 3 is 2.17 bits per heavy atom. The molecule has 0 bridgehead atoms. The van der Waals surface area contributed by atoms with Crippen molar-refractivity contribution in [3.8, 4) is 0 Å². The Balaban J connectivity index is 2.15. The second-order valence-electron chi connectivity index (χ2n) is 8.60. The SMILES string of the molecule is CC(C)(C)OC(=O)N(C(=O)N1CCC2C=CC=C[C@@H]2C1)C(C)(C)C. The number of piperidine rings is 1. The fourth-order valence-electron chi connectivity index (χ4n) is 3.12. The lowest BCUT2D eigenvalue weighted by molar-refractivity contribution is 0.0108. The molecule has 0 spiro atoms. The minimum Gasteiger partial charge on any atom is -0.443 e. The lowest BCUT2D eigenvalue weighted by Crippen LogP contribution is -2.58. The third-order valence-corrected chi connectivity index (χ3v) is 4.25. The Bertz CT molecular complexity index is 552. The maximum absolute atomic E-state index is 13.1. The number of imide groups is 1. The van der Waals surface area contributed by atoms with Crippen molar-refractivity contribution in [2.45, 2.75) is 59.1 Å². The summed E-state index contributed by atoms with van der Waals surface area (Å²) in [5.41, 5.74) is -1.27. The Kier molecular flexibility index (Phi) is 5.11. The number of carbonyl (C=O) groups is 2. The van der Waals surface area contributed by atoms with Crippen molar-refractivity contribution in [2.75, 3.05) is 13.1 Å². The van der Waals surface area contributed by atoms with E-state index in [0.29, 0.717) is 24.9 Å². The molecule has 2 atom stereocenters. The molecule has 24 heavy (non-hydrogen) atoms. The number of allylic oxidation sites excluding steroid dienone is 3. The number of amides is 3. The smallest absolute Gasteiger partial charge is 0.419 e. The summed E-state index contributed by atoms with van der Waals surface area (Å²) in [6, 6.07) is -0.266. The van der Waals surface area contributed by atoms with Crippen LogP contribution in [0.15, 0.2) is 24.3 Å². The highest BCUT2D eigenvalue weighted by Crippen LogP contribution is 2.30. The minimum absolute atomic E-state index is 0.266. The lowest BCUT2D eigenvalue weighted by Gasteiger charge is -2.42. The van der Waals surface area contributed by atoms with Gasteiger partial charge >= 0.3 is 12.1 Å². The molecular weight excluding hydrogens is 304 g/mol. The van der Waals surface area contributed by atoms with Crippen molar-refractivity contribution in [1.29, 1.82) is 0 Å². The van der Waals surface area contributed by atoms with Crippen LogP contribution in [0.5, 0.6) is 0 Å². The molecule has 1 aliphatic heterocycles. The molecule has 0 aromatic carbocycles. The van der Waals surface area contributed by atoms with Gasteiger partial charge < -0.3 is 9.64 Å². The van der Waals surface area contributed by atoms with E-state index in [-0.39, 0.29) is 6.03 Å². The van der Waals surface area contributed by atoms with Gasteiger partial charge in [0.1, 0.15) is 5.60 Å². The van der Waals surface area contributed by atoms with Gasteiger partial charge in [-0.2, -0.15) is 0 Å². The van der Waals surface area contributed by atoms with Crippen molar-refractivity contribution in [2.24, 2.45) is 11.8 Å². The van der Waals surface area contributed by atoms with E-state index in [0.717, 1.165) is 6.42 Å². The Labute approximate surface area is 145 Å². The number of urea groups is 1. The number of likely N-dealkylation sites (tertiary alicyclic amines) is 1. The first-order valence-electron chi connectivity index (χ1n) is 8.66. The molecule has 0 N–H and O–H groups in total. The van der Waals surface area contributed by atoms with E-state index >= 15 is 0 Å². The van der Waals surface area contributed by atoms with Crippen LogP contribution in [0, 0.1) is 11.8 Å². The Hall–Kier alpha value is -1.78. The monoisotopic (exact) mass is 334 g/mol. The van der Waals surface area contributed by atoms with E-state index in [1.807, 2.05) is 26.8 Å². The third-order valence-electron chi connectivity index (χ3n) is 4.25. The van der Waals surface area contributed by atoms with Crippen LogP contribution >= 0.6 is 0 Å². The first-order valence-corrected chi connectivity index (χ1v) is 8.66. The van der Waals surface area contributed by atoms with Gasteiger partial charge in [0.25, 0.3) is 0 Å². The summed E-state index contributed by atoms with van der Waals surface area (Å²) < 4.78 is 5.46. The van der Waals surface area contributed by atoms with Crippen LogP contribution < -0.4 is 0 Å². The number of fused-ring (bicyclic) bond motifs is 1. The van der Waals surface area contributed by atoms with Crippen LogP contribution in [-0.2, 0) is 4.74 Å². The molecule has 1 aliphatic carbocycles. The fraction of sp³-hybridized carbons (Fsp3) is 0.684. The topological polar surface area (TPSA) is 49.9 Å².